The molecule has 0 bridgehead atoms. The number of hydrogen-bond donors (Lipinski definition) is 2. The largest absolute Gasteiger partial charge is 0.396 e. The van der Waals surface area contributed by atoms with Crippen molar-refractivity contribution in [2.45, 2.75) is 70.3 Å². The van der Waals surface area contributed by atoms with Crippen molar-refractivity contribution >= 4 is 23.6 Å². The molecule has 2 aliphatic rings. The van der Waals surface area contributed by atoms with Crippen LogP contribution in [-0.4, -0.2) is 46.3 Å². The zero-order chi connectivity index (χ0) is 22.2. The highest BCUT2D eigenvalue weighted by atomic mass is 16.3. The molecule has 2 aliphatic heterocycles. The third kappa shape index (κ3) is 5.39. The molecule has 1 aromatic carbocycles. The highest BCUT2D eigenvalue weighted by Gasteiger charge is 2.45. The minimum absolute atomic E-state index is 0.0951. The van der Waals surface area contributed by atoms with E-state index in [-0.39, 0.29) is 30.6 Å². The fourth-order valence-corrected chi connectivity index (χ4v) is 3.99. The first kappa shape index (κ1) is 22.7. The van der Waals surface area contributed by atoms with Crippen molar-refractivity contribution in [2.75, 3.05) is 6.61 Å². The van der Waals surface area contributed by atoms with E-state index in [9.17, 15) is 19.2 Å². The third-order valence-electron chi connectivity index (χ3n) is 5.65. The van der Waals surface area contributed by atoms with Crippen LogP contribution in [0.2, 0.25) is 0 Å². The number of aliphatic hydroxyl groups excluding tert-OH is 1. The van der Waals surface area contributed by atoms with Crippen LogP contribution in [-0.2, 0) is 9.59 Å². The van der Waals surface area contributed by atoms with Gasteiger partial charge in [0.15, 0.2) is 0 Å². The Bertz CT molecular complexity index is 928. The van der Waals surface area contributed by atoms with Gasteiger partial charge < -0.3 is 5.11 Å². The third-order valence-corrected chi connectivity index (χ3v) is 5.65. The summed E-state index contributed by atoms with van der Waals surface area (Å²) >= 11 is 0. The van der Waals surface area contributed by atoms with Crippen LogP contribution in [0.3, 0.4) is 0 Å². The van der Waals surface area contributed by atoms with E-state index in [0.717, 1.165) is 49.8 Å². The van der Waals surface area contributed by atoms with Gasteiger partial charge in [0, 0.05) is 25.0 Å². The Morgan fingerprint density at radius 2 is 1.68 bits per heavy atom. The van der Waals surface area contributed by atoms with Gasteiger partial charge in [0.05, 0.1) is 11.1 Å². The molecule has 1 atom stereocenters. The van der Waals surface area contributed by atoms with Crippen LogP contribution in [0.5, 0.6) is 0 Å². The van der Waals surface area contributed by atoms with Crippen LogP contribution in [0.15, 0.2) is 18.2 Å². The van der Waals surface area contributed by atoms with E-state index in [1.165, 1.54) is 0 Å². The Morgan fingerprint density at radius 1 is 0.968 bits per heavy atom. The van der Waals surface area contributed by atoms with Crippen LogP contribution >= 0.6 is 0 Å². The maximum Gasteiger partial charge on any atom is 0.263 e. The number of amides is 4. The summed E-state index contributed by atoms with van der Waals surface area (Å²) in [5.41, 5.74) is 0.993. The zero-order valence-electron chi connectivity index (χ0n) is 17.6. The molecular formula is C24H28N2O5. The van der Waals surface area contributed by atoms with Crippen molar-refractivity contribution in [1.29, 1.82) is 0 Å². The molecule has 0 spiro atoms. The highest BCUT2D eigenvalue weighted by molar-refractivity contribution is 6.24. The molecule has 0 radical (unpaired) electrons. The number of nitrogens with zero attached hydrogens (tertiary/aromatic N) is 1. The molecule has 1 fully saturated rings. The summed E-state index contributed by atoms with van der Waals surface area (Å²) in [6.45, 7) is 0.262. The summed E-state index contributed by atoms with van der Waals surface area (Å²) in [6, 6.07) is 4.01. The Kier molecular flexibility index (Phi) is 7.96. The minimum atomic E-state index is -0.969. The van der Waals surface area contributed by atoms with Crippen LogP contribution < -0.4 is 5.32 Å². The van der Waals surface area contributed by atoms with E-state index < -0.39 is 29.7 Å². The predicted molar refractivity (Wildman–Crippen MR) is 114 cm³/mol. The number of carbonyl (C=O) groups is 4. The number of nitrogens with one attached hydrogen (secondary N) is 1. The van der Waals surface area contributed by atoms with Gasteiger partial charge in [-0.15, -0.1) is 0 Å². The highest BCUT2D eigenvalue weighted by Crippen LogP contribution is 2.29. The maximum absolute atomic E-state index is 13.0. The number of unbranched alkanes of at least 4 members (excludes halogenated alkanes) is 7. The first-order valence-electron chi connectivity index (χ1n) is 11.0. The molecule has 0 aliphatic carbocycles. The number of fused-ring (bicyclic) bond motifs is 1. The molecule has 2 heterocycles. The molecule has 0 saturated carbocycles. The normalized spacial score (nSPS) is 18.0. The average Bonchev–Trinajstić information content (AvgIpc) is 3.01. The van der Waals surface area contributed by atoms with E-state index in [1.54, 1.807) is 18.2 Å². The fraction of sp³-hybridized carbons (Fsp3) is 0.500. The first-order chi connectivity index (χ1) is 15.0. The minimum Gasteiger partial charge on any atom is -0.396 e. The van der Waals surface area contributed by atoms with Crippen LogP contribution in [0.1, 0.15) is 90.5 Å². The Balaban J connectivity index is 1.59. The van der Waals surface area contributed by atoms with Crippen LogP contribution in [0.25, 0.3) is 0 Å². The second-order valence-electron chi connectivity index (χ2n) is 7.93. The molecule has 2 N–H and O–H groups in total. The average molecular weight is 424 g/mol. The summed E-state index contributed by atoms with van der Waals surface area (Å²) in [5, 5.41) is 11.0. The molecule has 1 saturated heterocycles. The molecule has 7 heteroatoms. The number of carbonyl (C=O) groups excluding carboxylic acids is 4. The zero-order valence-corrected chi connectivity index (χ0v) is 17.6. The Hall–Kier alpha value is -2.98. The van der Waals surface area contributed by atoms with Crippen molar-refractivity contribution in [3.63, 3.8) is 0 Å². The quantitative estimate of drug-likeness (QED) is 0.360. The van der Waals surface area contributed by atoms with E-state index >= 15 is 0 Å². The lowest BCUT2D eigenvalue weighted by Crippen LogP contribution is -2.54. The number of aliphatic hydroxyl groups is 1. The van der Waals surface area contributed by atoms with E-state index in [4.69, 9.17) is 5.11 Å². The molecule has 1 aromatic rings. The summed E-state index contributed by atoms with van der Waals surface area (Å²) in [4.78, 5) is 50.3. The number of piperidine rings is 1. The molecule has 31 heavy (non-hydrogen) atoms. The van der Waals surface area contributed by atoms with Gasteiger partial charge in [-0.1, -0.05) is 50.0 Å². The van der Waals surface area contributed by atoms with Gasteiger partial charge in [-0.3, -0.25) is 29.4 Å². The Morgan fingerprint density at radius 3 is 2.39 bits per heavy atom. The number of rotatable bonds is 9. The van der Waals surface area contributed by atoms with Crippen molar-refractivity contribution in [2.24, 2.45) is 0 Å². The van der Waals surface area contributed by atoms with Gasteiger partial charge in [0.2, 0.25) is 11.8 Å². The van der Waals surface area contributed by atoms with Crippen molar-refractivity contribution in [3.05, 3.63) is 34.9 Å². The van der Waals surface area contributed by atoms with Crippen LogP contribution in [0.4, 0.5) is 0 Å². The van der Waals surface area contributed by atoms with Gasteiger partial charge in [-0.2, -0.15) is 0 Å². The summed E-state index contributed by atoms with van der Waals surface area (Å²) in [5.74, 6) is 4.07. The van der Waals surface area contributed by atoms with Gasteiger partial charge in [-0.25, -0.2) is 0 Å². The van der Waals surface area contributed by atoms with Gasteiger partial charge in [-0.05, 0) is 31.4 Å². The summed E-state index contributed by atoms with van der Waals surface area (Å²) in [7, 11) is 0. The molecule has 3 rings (SSSR count). The van der Waals surface area contributed by atoms with Crippen molar-refractivity contribution < 1.29 is 24.3 Å². The summed E-state index contributed by atoms with van der Waals surface area (Å²) < 4.78 is 0. The molecular weight excluding hydrogens is 396 g/mol. The van der Waals surface area contributed by atoms with E-state index in [2.05, 4.69) is 17.2 Å². The lowest BCUT2D eigenvalue weighted by molar-refractivity contribution is -0.136. The smallest absolute Gasteiger partial charge is 0.263 e. The number of benzene rings is 1. The SMILES string of the molecule is O=C1CCC(N2C(=O)c3cccc(C#CCCCCCCCCCO)c3C2=O)C(=O)N1. The van der Waals surface area contributed by atoms with Crippen LogP contribution in [0, 0.1) is 11.8 Å². The molecule has 1 unspecified atom stereocenters. The molecule has 0 aromatic heterocycles. The van der Waals surface area contributed by atoms with Crippen molar-refractivity contribution in [3.8, 4) is 11.8 Å². The fourth-order valence-electron chi connectivity index (χ4n) is 3.99. The maximum atomic E-state index is 13.0. The van der Waals surface area contributed by atoms with Crippen molar-refractivity contribution in [1.82, 2.24) is 10.2 Å². The number of hydrogen-bond acceptors (Lipinski definition) is 5. The monoisotopic (exact) mass is 424 g/mol. The molecule has 4 amide bonds. The van der Waals surface area contributed by atoms with Gasteiger partial charge in [0.1, 0.15) is 6.04 Å². The number of imide groups is 2. The van der Waals surface area contributed by atoms with E-state index in [1.807, 2.05) is 0 Å². The Labute approximate surface area is 182 Å². The van der Waals surface area contributed by atoms with Gasteiger partial charge in [0.25, 0.3) is 11.8 Å². The first-order valence-corrected chi connectivity index (χ1v) is 11.0. The van der Waals surface area contributed by atoms with E-state index in [0.29, 0.717) is 12.0 Å². The lowest BCUT2D eigenvalue weighted by atomic mass is 10.0. The standard InChI is InChI=1S/C24H28N2O5/c27-16-9-7-5-3-1-2-4-6-8-11-17-12-10-13-18-21(17)24(31)26(23(18)30)19-14-15-20(28)25-22(19)29/h10,12-13,19,27H,1-7,9,14-16H2,(H,25,28,29). The van der Waals surface area contributed by atoms with Gasteiger partial charge >= 0.3 is 0 Å². The summed E-state index contributed by atoms with van der Waals surface area (Å²) in [6.07, 6.45) is 8.37. The molecule has 164 valence electrons. The molecule has 7 nitrogen and oxygen atoms in total. The predicted octanol–water partition coefficient (Wildman–Crippen LogP) is 2.55. The topological polar surface area (TPSA) is 104 Å². The lowest BCUT2D eigenvalue weighted by Gasteiger charge is -2.27. The second-order valence-corrected chi connectivity index (χ2v) is 7.93. The second kappa shape index (κ2) is 10.9.